The minimum atomic E-state index is 0.101. The predicted octanol–water partition coefficient (Wildman–Crippen LogP) is 8.62. The molecule has 6 rings (SSSR count). The Hall–Kier alpha value is -3.46. The maximum absolute atomic E-state index is 7.08. The van der Waals surface area contributed by atoms with Gasteiger partial charge in [0.15, 0.2) is 6.20 Å². The van der Waals surface area contributed by atoms with Crippen molar-refractivity contribution in [3.05, 3.63) is 71.7 Å². The Morgan fingerprint density at radius 3 is 2.30 bits per heavy atom. The van der Waals surface area contributed by atoms with Gasteiger partial charge in [-0.05, 0) is 70.0 Å². The SMILES string of the molecule is Cc1c2c(c(CC(C)(C)C)c3cnccc13)Oc1c3ccc(CC(C)(C)C)cc3cc3cc[n+](C)c-2c13. The third-order valence-electron chi connectivity index (χ3n) is 7.56. The van der Waals surface area contributed by atoms with E-state index in [0.29, 0.717) is 0 Å². The van der Waals surface area contributed by atoms with Gasteiger partial charge in [0.05, 0.1) is 10.9 Å². The molecule has 3 heteroatoms. The Kier molecular flexibility index (Phi) is 5.18. The van der Waals surface area contributed by atoms with Crippen LogP contribution in [0.25, 0.3) is 43.6 Å². The minimum Gasteiger partial charge on any atom is -0.455 e. The van der Waals surface area contributed by atoms with Gasteiger partial charge in [0.1, 0.15) is 18.5 Å². The number of fused-ring (bicyclic) bond motifs is 5. The van der Waals surface area contributed by atoms with E-state index in [1.54, 1.807) is 0 Å². The summed E-state index contributed by atoms with van der Waals surface area (Å²) in [6, 6.07) is 13.6. The van der Waals surface area contributed by atoms with Crippen LogP contribution in [0.15, 0.2) is 55.0 Å². The molecule has 5 aromatic rings. The van der Waals surface area contributed by atoms with Crippen LogP contribution in [0.2, 0.25) is 0 Å². The lowest BCUT2D eigenvalue weighted by atomic mass is 9.82. The topological polar surface area (TPSA) is 26.0 Å². The first-order valence-electron chi connectivity index (χ1n) is 13.4. The van der Waals surface area contributed by atoms with E-state index in [9.17, 15) is 0 Å². The third kappa shape index (κ3) is 3.96. The molecule has 0 N–H and O–H groups in total. The molecule has 0 atom stereocenters. The average molecular weight is 490 g/mol. The van der Waals surface area contributed by atoms with Crippen LogP contribution in [-0.2, 0) is 19.9 Å². The average Bonchev–Trinajstić information content (AvgIpc) is 2.81. The van der Waals surface area contributed by atoms with Crippen molar-refractivity contribution in [2.24, 2.45) is 17.9 Å². The second kappa shape index (κ2) is 8.02. The van der Waals surface area contributed by atoms with Crippen molar-refractivity contribution in [1.29, 1.82) is 0 Å². The summed E-state index contributed by atoms with van der Waals surface area (Å²) in [6.45, 7) is 16.0. The van der Waals surface area contributed by atoms with E-state index < -0.39 is 0 Å². The Bertz CT molecular complexity index is 1730. The van der Waals surface area contributed by atoms with Gasteiger partial charge in [-0.3, -0.25) is 4.98 Å². The van der Waals surface area contributed by atoms with E-state index in [1.165, 1.54) is 60.3 Å². The zero-order chi connectivity index (χ0) is 26.3. The smallest absolute Gasteiger partial charge is 0.228 e. The Morgan fingerprint density at radius 1 is 0.811 bits per heavy atom. The first-order chi connectivity index (χ1) is 17.4. The summed E-state index contributed by atoms with van der Waals surface area (Å²) in [7, 11) is 2.16. The van der Waals surface area contributed by atoms with E-state index in [4.69, 9.17) is 4.74 Å². The Balaban J connectivity index is 1.72. The van der Waals surface area contributed by atoms with Gasteiger partial charge in [-0.25, -0.2) is 4.57 Å². The number of hydrogen-bond acceptors (Lipinski definition) is 2. The second-order valence-corrected chi connectivity index (χ2v) is 13.3. The highest BCUT2D eigenvalue weighted by Crippen LogP contribution is 2.53. The summed E-state index contributed by atoms with van der Waals surface area (Å²) in [4.78, 5) is 4.52. The van der Waals surface area contributed by atoms with Crippen LogP contribution in [0.1, 0.15) is 58.2 Å². The second-order valence-electron chi connectivity index (χ2n) is 13.3. The van der Waals surface area contributed by atoms with Gasteiger partial charge in [-0.15, -0.1) is 0 Å². The molecule has 3 aromatic carbocycles. The lowest BCUT2D eigenvalue weighted by Gasteiger charge is -2.28. The van der Waals surface area contributed by atoms with Gasteiger partial charge < -0.3 is 4.74 Å². The molecule has 0 saturated heterocycles. The number of aromatic nitrogens is 2. The predicted molar refractivity (Wildman–Crippen MR) is 154 cm³/mol. The minimum absolute atomic E-state index is 0.101. The lowest BCUT2D eigenvalue weighted by molar-refractivity contribution is -0.659. The molecule has 37 heavy (non-hydrogen) atoms. The van der Waals surface area contributed by atoms with E-state index in [0.717, 1.165) is 24.3 Å². The van der Waals surface area contributed by atoms with Gasteiger partial charge in [-0.2, -0.15) is 0 Å². The fourth-order valence-corrected chi connectivity index (χ4v) is 6.14. The van der Waals surface area contributed by atoms with Crippen molar-refractivity contribution >= 4 is 32.3 Å². The fourth-order valence-electron chi connectivity index (χ4n) is 6.14. The summed E-state index contributed by atoms with van der Waals surface area (Å²) < 4.78 is 9.36. The molecule has 1 aliphatic heterocycles. The van der Waals surface area contributed by atoms with Crippen LogP contribution in [0, 0.1) is 17.8 Å². The van der Waals surface area contributed by atoms with Gasteiger partial charge in [0.25, 0.3) is 0 Å². The molecule has 0 spiro atoms. The zero-order valence-corrected chi connectivity index (χ0v) is 23.4. The normalized spacial score (nSPS) is 13.3. The zero-order valence-electron chi connectivity index (χ0n) is 23.4. The molecule has 188 valence electrons. The van der Waals surface area contributed by atoms with Crippen molar-refractivity contribution in [3.8, 4) is 22.8 Å². The van der Waals surface area contributed by atoms with Crippen LogP contribution >= 0.6 is 0 Å². The van der Waals surface area contributed by atoms with E-state index in [2.05, 4.69) is 108 Å². The van der Waals surface area contributed by atoms with E-state index >= 15 is 0 Å². The molecule has 0 saturated carbocycles. The molecule has 1 aliphatic rings. The monoisotopic (exact) mass is 489 g/mol. The van der Waals surface area contributed by atoms with Crippen molar-refractivity contribution in [2.45, 2.75) is 61.3 Å². The number of nitrogens with zero attached hydrogens (tertiary/aromatic N) is 2. The van der Waals surface area contributed by atoms with Crippen molar-refractivity contribution in [1.82, 2.24) is 4.98 Å². The number of rotatable bonds is 2. The lowest BCUT2D eigenvalue weighted by Crippen LogP contribution is -2.32. The molecular formula is C34H37N2O+. The molecule has 0 aliphatic carbocycles. The van der Waals surface area contributed by atoms with Crippen LogP contribution in [0.4, 0.5) is 0 Å². The first kappa shape index (κ1) is 23.9. The molecule has 0 bridgehead atoms. The first-order valence-corrected chi connectivity index (χ1v) is 13.4. The maximum atomic E-state index is 7.08. The number of hydrogen-bond donors (Lipinski definition) is 0. The molecule has 0 fully saturated rings. The highest BCUT2D eigenvalue weighted by Gasteiger charge is 2.34. The molecule has 0 unspecified atom stereocenters. The summed E-state index contributed by atoms with van der Waals surface area (Å²) in [5, 5.41) is 7.29. The van der Waals surface area contributed by atoms with Crippen molar-refractivity contribution in [2.75, 3.05) is 0 Å². The maximum Gasteiger partial charge on any atom is 0.228 e. The number of pyridine rings is 2. The highest BCUT2D eigenvalue weighted by molar-refractivity contribution is 6.13. The fraction of sp³-hybridized carbons (Fsp3) is 0.353. The van der Waals surface area contributed by atoms with Crippen LogP contribution in [0.5, 0.6) is 11.5 Å². The standard InChI is InChI=1S/C34H37N2O/c1-20-24-11-13-35-19-27(24)26(18-34(5,6)7)32-28(20)30-29-22(12-14-36(30)8)16-23-15-21(17-33(2,3)4)9-10-25(23)31(29)37-32/h9-16,19H,17-18H2,1-8H3/q+1. The van der Waals surface area contributed by atoms with Crippen molar-refractivity contribution < 1.29 is 9.30 Å². The van der Waals surface area contributed by atoms with E-state index in [-0.39, 0.29) is 10.8 Å². The van der Waals surface area contributed by atoms with E-state index in [1.807, 2.05) is 12.4 Å². The van der Waals surface area contributed by atoms with Crippen LogP contribution in [-0.4, -0.2) is 4.98 Å². The van der Waals surface area contributed by atoms with Gasteiger partial charge in [0, 0.05) is 34.8 Å². The Morgan fingerprint density at radius 2 is 1.57 bits per heavy atom. The summed E-state index contributed by atoms with van der Waals surface area (Å²) in [5.41, 5.74) is 6.65. The number of ether oxygens (including phenoxy) is 1. The molecular weight excluding hydrogens is 452 g/mol. The molecule has 3 nitrogen and oxygen atoms in total. The molecule has 2 aromatic heterocycles. The van der Waals surface area contributed by atoms with Crippen molar-refractivity contribution in [3.63, 3.8) is 0 Å². The highest BCUT2D eigenvalue weighted by atomic mass is 16.5. The summed E-state index contributed by atoms with van der Waals surface area (Å²) >= 11 is 0. The van der Waals surface area contributed by atoms with Gasteiger partial charge in [0.2, 0.25) is 5.69 Å². The largest absolute Gasteiger partial charge is 0.455 e. The third-order valence-corrected chi connectivity index (χ3v) is 7.56. The molecule has 0 radical (unpaired) electrons. The number of aryl methyl sites for hydroxylation is 2. The van der Waals surface area contributed by atoms with Gasteiger partial charge >= 0.3 is 0 Å². The van der Waals surface area contributed by atoms with Gasteiger partial charge in [-0.1, -0.05) is 59.7 Å². The number of benzene rings is 3. The van der Waals surface area contributed by atoms with Crippen LogP contribution in [0.3, 0.4) is 0 Å². The molecule has 3 heterocycles. The summed E-state index contributed by atoms with van der Waals surface area (Å²) in [5.74, 6) is 1.97. The van der Waals surface area contributed by atoms with Crippen LogP contribution < -0.4 is 9.30 Å². The Labute approximate surface area is 220 Å². The molecule has 0 amide bonds. The quantitative estimate of drug-likeness (QED) is 0.180. The summed E-state index contributed by atoms with van der Waals surface area (Å²) in [6.07, 6.45) is 8.08.